The number of anilines is 1. The fraction of sp³-hybridized carbons (Fsp3) is 0.485. The number of imidazole rings is 1. The Morgan fingerprint density at radius 1 is 1.11 bits per heavy atom. The maximum Gasteiger partial charge on any atom is 0.406 e. The summed E-state index contributed by atoms with van der Waals surface area (Å²) in [6.07, 6.45) is 2.45. The standard InChI is InChI=1S/C33H39F3N6O3/c1-21-18-41(24-8-4-5-9-24)14-12-26(21)40-32(44)25-15-22(16-28-30(25)39-20-42(28)19-33(34,35)36)7-6-13-38-27-11-10-23(31(43)37-2)17-29(27)45-3/h10-11,15-17,20-21,24,26,38H,4-5,8-9,12-14,18-19H2,1-3H3,(H,37,43)(H,40,44)/t21-,26?/m0/s1. The normalized spacial score (nSPS) is 19.2. The average Bonchev–Trinajstić information content (AvgIpc) is 3.69. The lowest BCUT2D eigenvalue weighted by atomic mass is 9.92. The second kappa shape index (κ2) is 13.8. The first-order chi connectivity index (χ1) is 21.6. The molecule has 2 aromatic carbocycles. The lowest BCUT2D eigenvalue weighted by Gasteiger charge is -2.40. The van der Waals surface area contributed by atoms with Crippen LogP contribution in [0.15, 0.2) is 36.7 Å². The topological polar surface area (TPSA) is 101 Å². The van der Waals surface area contributed by atoms with Gasteiger partial charge in [-0.15, -0.1) is 0 Å². The third kappa shape index (κ3) is 7.71. The van der Waals surface area contributed by atoms with Crippen LogP contribution in [0.3, 0.4) is 0 Å². The number of rotatable bonds is 8. The van der Waals surface area contributed by atoms with E-state index in [0.717, 1.165) is 30.4 Å². The molecule has 1 aliphatic heterocycles. The number of likely N-dealkylation sites (tertiary alicyclic amines) is 1. The largest absolute Gasteiger partial charge is 0.495 e. The number of hydrogen-bond donors (Lipinski definition) is 3. The number of aromatic nitrogens is 2. The first kappa shape index (κ1) is 32.2. The summed E-state index contributed by atoms with van der Waals surface area (Å²) in [5.41, 5.74) is 2.04. The summed E-state index contributed by atoms with van der Waals surface area (Å²) in [6.45, 7) is 2.89. The molecule has 1 saturated carbocycles. The molecule has 2 heterocycles. The average molecular weight is 625 g/mol. The number of carbonyl (C=O) groups is 2. The molecule has 9 nitrogen and oxygen atoms in total. The summed E-state index contributed by atoms with van der Waals surface area (Å²) < 4.78 is 46.5. The van der Waals surface area contributed by atoms with Crippen molar-refractivity contribution in [1.82, 2.24) is 25.1 Å². The fourth-order valence-electron chi connectivity index (χ4n) is 6.38. The van der Waals surface area contributed by atoms with Gasteiger partial charge in [0.2, 0.25) is 0 Å². The molecule has 3 aromatic rings. The van der Waals surface area contributed by atoms with E-state index in [1.165, 1.54) is 38.9 Å². The van der Waals surface area contributed by atoms with E-state index < -0.39 is 12.7 Å². The highest BCUT2D eigenvalue weighted by Gasteiger charge is 2.33. The molecule has 2 amide bonds. The van der Waals surface area contributed by atoms with Gasteiger partial charge in [-0.2, -0.15) is 13.2 Å². The Kier molecular flexibility index (Phi) is 9.87. The minimum Gasteiger partial charge on any atom is -0.495 e. The summed E-state index contributed by atoms with van der Waals surface area (Å²) in [4.78, 5) is 32.3. The molecule has 2 aliphatic rings. The first-order valence-electron chi connectivity index (χ1n) is 15.3. The van der Waals surface area contributed by atoms with E-state index in [-0.39, 0.29) is 46.9 Å². The zero-order valence-electron chi connectivity index (χ0n) is 25.8. The molecule has 5 rings (SSSR count). The molecular formula is C33H39F3N6O3. The predicted octanol–water partition coefficient (Wildman–Crippen LogP) is 4.81. The number of nitrogens with zero attached hydrogens (tertiary/aromatic N) is 3. The number of hydrogen-bond acceptors (Lipinski definition) is 6. The molecule has 1 unspecified atom stereocenters. The maximum absolute atomic E-state index is 13.6. The second-order valence-corrected chi connectivity index (χ2v) is 11.8. The monoisotopic (exact) mass is 624 g/mol. The van der Waals surface area contributed by atoms with Gasteiger partial charge in [0.15, 0.2) is 0 Å². The van der Waals surface area contributed by atoms with E-state index in [0.29, 0.717) is 28.6 Å². The van der Waals surface area contributed by atoms with Crippen molar-refractivity contribution >= 4 is 28.5 Å². The highest BCUT2D eigenvalue weighted by molar-refractivity contribution is 6.05. The van der Waals surface area contributed by atoms with Gasteiger partial charge < -0.3 is 25.3 Å². The quantitative estimate of drug-likeness (QED) is 0.311. The number of carbonyl (C=O) groups excluding carboxylic acids is 2. The van der Waals surface area contributed by atoms with Gasteiger partial charge in [-0.05, 0) is 55.5 Å². The van der Waals surface area contributed by atoms with Crippen LogP contribution in [0.2, 0.25) is 0 Å². The van der Waals surface area contributed by atoms with Crippen molar-refractivity contribution in [2.75, 3.05) is 39.1 Å². The molecule has 240 valence electrons. The number of alkyl halides is 3. The molecular weight excluding hydrogens is 585 g/mol. The van der Waals surface area contributed by atoms with Crippen molar-refractivity contribution in [2.45, 2.75) is 63.8 Å². The van der Waals surface area contributed by atoms with Gasteiger partial charge in [-0.25, -0.2) is 4.98 Å². The maximum atomic E-state index is 13.6. The number of ether oxygens (including phenoxy) is 1. The Balaban J connectivity index is 1.35. The minimum absolute atomic E-state index is 0.0498. The minimum atomic E-state index is -4.46. The molecule has 1 aromatic heterocycles. The second-order valence-electron chi connectivity index (χ2n) is 11.8. The van der Waals surface area contributed by atoms with E-state index in [2.05, 4.69) is 44.6 Å². The van der Waals surface area contributed by atoms with Crippen molar-refractivity contribution in [3.05, 3.63) is 53.3 Å². The Bertz CT molecular complexity index is 1600. The fourth-order valence-corrected chi connectivity index (χ4v) is 6.38. The van der Waals surface area contributed by atoms with Gasteiger partial charge >= 0.3 is 6.18 Å². The first-order valence-corrected chi connectivity index (χ1v) is 15.3. The molecule has 1 saturated heterocycles. The number of fused-ring (bicyclic) bond motifs is 1. The zero-order chi connectivity index (χ0) is 32.1. The summed E-state index contributed by atoms with van der Waals surface area (Å²) in [6, 6.07) is 8.65. The molecule has 0 bridgehead atoms. The van der Waals surface area contributed by atoms with E-state index in [9.17, 15) is 22.8 Å². The number of piperidine rings is 1. The van der Waals surface area contributed by atoms with Crippen molar-refractivity contribution in [1.29, 1.82) is 0 Å². The van der Waals surface area contributed by atoms with Gasteiger partial charge in [-0.3, -0.25) is 14.5 Å². The molecule has 1 aliphatic carbocycles. The van der Waals surface area contributed by atoms with Crippen LogP contribution >= 0.6 is 0 Å². The number of methoxy groups -OCH3 is 1. The van der Waals surface area contributed by atoms with Gasteiger partial charge in [0.1, 0.15) is 17.8 Å². The molecule has 12 heteroatoms. The van der Waals surface area contributed by atoms with Crippen molar-refractivity contribution in [3.63, 3.8) is 0 Å². The van der Waals surface area contributed by atoms with Crippen LogP contribution in [-0.2, 0) is 6.54 Å². The number of amides is 2. The van der Waals surface area contributed by atoms with Crippen molar-refractivity contribution in [3.8, 4) is 17.6 Å². The number of halogens is 3. The van der Waals surface area contributed by atoms with E-state index >= 15 is 0 Å². The number of nitrogens with one attached hydrogen (secondary N) is 3. The summed E-state index contributed by atoms with van der Waals surface area (Å²) in [7, 11) is 3.03. The third-order valence-electron chi connectivity index (χ3n) is 8.70. The Hall–Kier alpha value is -4.24. The van der Waals surface area contributed by atoms with Crippen LogP contribution in [0.5, 0.6) is 5.75 Å². The van der Waals surface area contributed by atoms with Crippen LogP contribution in [0, 0.1) is 17.8 Å². The van der Waals surface area contributed by atoms with E-state index in [4.69, 9.17) is 4.74 Å². The SMILES string of the molecule is CNC(=O)c1ccc(NCC#Cc2cc(C(=O)NC3CCN(C4CCCC4)C[C@@H]3C)c3ncn(CC(F)(F)F)c3c2)c(OC)c1. The van der Waals surface area contributed by atoms with Gasteiger partial charge in [0, 0.05) is 43.3 Å². The molecule has 0 spiro atoms. The van der Waals surface area contributed by atoms with Crippen LogP contribution in [-0.4, -0.2) is 78.3 Å². The lowest BCUT2D eigenvalue weighted by Crippen LogP contribution is -2.52. The highest BCUT2D eigenvalue weighted by Crippen LogP contribution is 2.29. The van der Waals surface area contributed by atoms with Crippen molar-refractivity contribution in [2.24, 2.45) is 5.92 Å². The Morgan fingerprint density at radius 3 is 2.58 bits per heavy atom. The van der Waals surface area contributed by atoms with E-state index in [1.807, 2.05) is 0 Å². The Morgan fingerprint density at radius 2 is 1.89 bits per heavy atom. The van der Waals surface area contributed by atoms with Crippen LogP contribution in [0.25, 0.3) is 11.0 Å². The van der Waals surface area contributed by atoms with Crippen LogP contribution < -0.4 is 20.7 Å². The molecule has 3 N–H and O–H groups in total. The lowest BCUT2D eigenvalue weighted by molar-refractivity contribution is -0.139. The summed E-state index contributed by atoms with van der Waals surface area (Å²) in [5.74, 6) is 6.03. The summed E-state index contributed by atoms with van der Waals surface area (Å²) in [5, 5.41) is 8.85. The van der Waals surface area contributed by atoms with Crippen LogP contribution in [0.4, 0.5) is 18.9 Å². The highest BCUT2D eigenvalue weighted by atomic mass is 19.4. The predicted molar refractivity (Wildman–Crippen MR) is 166 cm³/mol. The van der Waals surface area contributed by atoms with Gasteiger partial charge in [0.25, 0.3) is 11.8 Å². The Labute approximate surface area is 260 Å². The van der Waals surface area contributed by atoms with Crippen LogP contribution in [0.1, 0.15) is 65.3 Å². The molecule has 2 atom stereocenters. The third-order valence-corrected chi connectivity index (χ3v) is 8.70. The smallest absolute Gasteiger partial charge is 0.406 e. The molecule has 0 radical (unpaired) electrons. The van der Waals surface area contributed by atoms with Gasteiger partial charge in [-0.1, -0.05) is 31.6 Å². The van der Waals surface area contributed by atoms with Crippen molar-refractivity contribution < 1.29 is 27.5 Å². The zero-order valence-corrected chi connectivity index (χ0v) is 25.8. The van der Waals surface area contributed by atoms with E-state index in [1.54, 1.807) is 31.3 Å². The molecule has 2 fully saturated rings. The number of benzene rings is 2. The summed E-state index contributed by atoms with van der Waals surface area (Å²) >= 11 is 0. The van der Waals surface area contributed by atoms with Gasteiger partial charge in [0.05, 0.1) is 36.7 Å². The molecule has 45 heavy (non-hydrogen) atoms.